The molecule has 2 rings (SSSR count). The molecular formula is C14H17N3O3S. The minimum Gasteiger partial charge on any atom is -0.398 e. The lowest BCUT2D eigenvalue weighted by Gasteiger charge is -2.11. The number of nitrogens with two attached hydrogens (primary N) is 1. The average molecular weight is 307 g/mol. The van der Waals surface area contributed by atoms with E-state index in [1.165, 1.54) is 35.0 Å². The van der Waals surface area contributed by atoms with Crippen molar-refractivity contribution in [1.29, 1.82) is 0 Å². The van der Waals surface area contributed by atoms with E-state index in [4.69, 9.17) is 5.73 Å². The molecule has 0 saturated heterocycles. The van der Waals surface area contributed by atoms with Gasteiger partial charge in [0, 0.05) is 25.0 Å². The van der Waals surface area contributed by atoms with Gasteiger partial charge in [-0.05, 0) is 30.2 Å². The first-order chi connectivity index (χ1) is 9.83. The maximum atomic E-state index is 12.3. The second-order valence-electron chi connectivity index (χ2n) is 4.69. The van der Waals surface area contributed by atoms with E-state index in [0.29, 0.717) is 11.4 Å². The summed E-state index contributed by atoms with van der Waals surface area (Å²) in [6.45, 7) is 1.95. The summed E-state index contributed by atoms with van der Waals surface area (Å²) >= 11 is 0. The van der Waals surface area contributed by atoms with Gasteiger partial charge in [0.1, 0.15) is 0 Å². The van der Waals surface area contributed by atoms with Crippen molar-refractivity contribution < 1.29 is 8.42 Å². The van der Waals surface area contributed by atoms with E-state index in [1.54, 1.807) is 13.1 Å². The number of rotatable bonds is 4. The number of nitrogens with one attached hydrogen (secondary N) is 1. The van der Waals surface area contributed by atoms with Gasteiger partial charge in [-0.1, -0.05) is 13.0 Å². The normalized spacial score (nSPS) is 11.3. The van der Waals surface area contributed by atoms with Gasteiger partial charge in [0.2, 0.25) is 5.56 Å². The largest absolute Gasteiger partial charge is 0.398 e. The van der Waals surface area contributed by atoms with E-state index in [1.807, 2.05) is 6.92 Å². The van der Waals surface area contributed by atoms with Crippen molar-refractivity contribution in [3.63, 3.8) is 0 Å². The fraction of sp³-hybridized carbons (Fsp3) is 0.214. The summed E-state index contributed by atoms with van der Waals surface area (Å²) in [6.07, 6.45) is 2.16. The van der Waals surface area contributed by atoms with Crippen LogP contribution in [0.4, 0.5) is 11.4 Å². The molecule has 6 nitrogen and oxygen atoms in total. The summed E-state index contributed by atoms with van der Waals surface area (Å²) in [4.78, 5) is 11.4. The zero-order valence-electron chi connectivity index (χ0n) is 11.8. The van der Waals surface area contributed by atoms with Crippen LogP contribution in [0, 0.1) is 0 Å². The number of nitrogen functional groups attached to an aromatic ring is 1. The Hall–Kier alpha value is -2.28. The van der Waals surface area contributed by atoms with Crippen LogP contribution in [0.2, 0.25) is 0 Å². The molecule has 1 aromatic carbocycles. The summed E-state index contributed by atoms with van der Waals surface area (Å²) in [5.41, 5.74) is 7.27. The molecule has 0 amide bonds. The van der Waals surface area contributed by atoms with Gasteiger partial charge in [-0.25, -0.2) is 8.42 Å². The minimum atomic E-state index is -3.74. The van der Waals surface area contributed by atoms with E-state index in [2.05, 4.69) is 4.72 Å². The number of pyridine rings is 1. The maximum Gasteiger partial charge on any atom is 0.262 e. The first-order valence-electron chi connectivity index (χ1n) is 6.41. The van der Waals surface area contributed by atoms with Crippen LogP contribution in [-0.2, 0) is 23.5 Å². The van der Waals surface area contributed by atoms with Crippen molar-refractivity contribution in [3.8, 4) is 0 Å². The predicted octanol–water partition coefficient (Wildman–Crippen LogP) is 1.33. The van der Waals surface area contributed by atoms with Crippen molar-refractivity contribution in [1.82, 2.24) is 4.57 Å². The van der Waals surface area contributed by atoms with Crippen LogP contribution in [0.1, 0.15) is 12.5 Å². The highest BCUT2D eigenvalue weighted by atomic mass is 32.2. The van der Waals surface area contributed by atoms with Crippen molar-refractivity contribution >= 4 is 21.4 Å². The van der Waals surface area contributed by atoms with E-state index >= 15 is 0 Å². The summed E-state index contributed by atoms with van der Waals surface area (Å²) in [6, 6.07) is 7.36. The molecule has 0 spiro atoms. The topological polar surface area (TPSA) is 94.2 Å². The Balaban J connectivity index is 2.35. The Morgan fingerprint density at radius 3 is 2.52 bits per heavy atom. The Kier molecular flexibility index (Phi) is 4.04. The third-order valence-corrected chi connectivity index (χ3v) is 4.53. The zero-order chi connectivity index (χ0) is 15.6. The molecule has 7 heteroatoms. The molecule has 0 aliphatic heterocycles. The number of anilines is 2. The highest BCUT2D eigenvalue weighted by Gasteiger charge is 2.15. The number of hydrogen-bond donors (Lipinski definition) is 2. The van der Waals surface area contributed by atoms with Crippen LogP contribution in [0.5, 0.6) is 0 Å². The van der Waals surface area contributed by atoms with Crippen molar-refractivity contribution in [2.75, 3.05) is 10.5 Å². The standard InChI is InChI=1S/C14H17N3O3S/c1-3-10-4-6-12(8-13(10)15)21(19,20)16-11-5-7-14(18)17(2)9-11/h4-9,16H,3,15H2,1-2H3. The van der Waals surface area contributed by atoms with Crippen LogP contribution < -0.4 is 16.0 Å². The fourth-order valence-electron chi connectivity index (χ4n) is 1.93. The van der Waals surface area contributed by atoms with E-state index in [9.17, 15) is 13.2 Å². The first kappa shape index (κ1) is 15.1. The Labute approximate surface area is 123 Å². The lowest BCUT2D eigenvalue weighted by atomic mass is 10.1. The lowest BCUT2D eigenvalue weighted by molar-refractivity contribution is 0.601. The third kappa shape index (κ3) is 3.25. The molecule has 0 aliphatic rings. The number of hydrogen-bond acceptors (Lipinski definition) is 4. The van der Waals surface area contributed by atoms with Crippen LogP contribution in [-0.4, -0.2) is 13.0 Å². The van der Waals surface area contributed by atoms with Crippen molar-refractivity contribution in [2.24, 2.45) is 7.05 Å². The number of sulfonamides is 1. The molecule has 0 aliphatic carbocycles. The molecule has 0 unspecified atom stereocenters. The molecule has 21 heavy (non-hydrogen) atoms. The van der Waals surface area contributed by atoms with Crippen LogP contribution in [0.3, 0.4) is 0 Å². The van der Waals surface area contributed by atoms with Gasteiger partial charge in [0.05, 0.1) is 10.6 Å². The van der Waals surface area contributed by atoms with Gasteiger partial charge in [0.25, 0.3) is 10.0 Å². The quantitative estimate of drug-likeness (QED) is 0.833. The first-order valence-corrected chi connectivity index (χ1v) is 7.89. The van der Waals surface area contributed by atoms with Gasteiger partial charge in [0.15, 0.2) is 0 Å². The molecule has 3 N–H and O–H groups in total. The minimum absolute atomic E-state index is 0.0889. The predicted molar refractivity (Wildman–Crippen MR) is 82.7 cm³/mol. The molecule has 1 aromatic heterocycles. The van der Waals surface area contributed by atoms with Gasteiger partial charge in [-0.15, -0.1) is 0 Å². The van der Waals surface area contributed by atoms with E-state index in [-0.39, 0.29) is 10.5 Å². The van der Waals surface area contributed by atoms with E-state index in [0.717, 1.165) is 12.0 Å². The van der Waals surface area contributed by atoms with Crippen molar-refractivity contribution in [2.45, 2.75) is 18.2 Å². The molecular weight excluding hydrogens is 290 g/mol. The molecule has 0 saturated carbocycles. The fourth-order valence-corrected chi connectivity index (χ4v) is 3.01. The number of nitrogens with zero attached hydrogens (tertiary/aromatic N) is 1. The van der Waals surface area contributed by atoms with Crippen molar-refractivity contribution in [3.05, 3.63) is 52.4 Å². The van der Waals surface area contributed by atoms with Crippen LogP contribution in [0.15, 0.2) is 46.2 Å². The zero-order valence-corrected chi connectivity index (χ0v) is 12.6. The number of aryl methyl sites for hydroxylation is 2. The maximum absolute atomic E-state index is 12.3. The second-order valence-corrected chi connectivity index (χ2v) is 6.37. The third-order valence-electron chi connectivity index (χ3n) is 3.15. The van der Waals surface area contributed by atoms with E-state index < -0.39 is 10.0 Å². The lowest BCUT2D eigenvalue weighted by Crippen LogP contribution is -2.18. The summed E-state index contributed by atoms with van der Waals surface area (Å²) in [5.74, 6) is 0. The van der Waals surface area contributed by atoms with Gasteiger partial charge in [-0.2, -0.15) is 0 Å². The second kappa shape index (κ2) is 5.61. The summed E-state index contributed by atoms with van der Waals surface area (Å²) < 4.78 is 28.3. The Bertz CT molecular complexity index is 826. The summed E-state index contributed by atoms with van der Waals surface area (Å²) in [7, 11) is -2.19. The molecule has 0 bridgehead atoms. The molecule has 1 heterocycles. The molecule has 0 fully saturated rings. The van der Waals surface area contributed by atoms with Crippen LogP contribution in [0.25, 0.3) is 0 Å². The molecule has 0 radical (unpaired) electrons. The monoisotopic (exact) mass is 307 g/mol. The highest BCUT2D eigenvalue weighted by Crippen LogP contribution is 2.20. The van der Waals surface area contributed by atoms with Gasteiger partial charge >= 0.3 is 0 Å². The Morgan fingerprint density at radius 2 is 1.95 bits per heavy atom. The Morgan fingerprint density at radius 1 is 1.24 bits per heavy atom. The average Bonchev–Trinajstić information content (AvgIpc) is 2.42. The summed E-state index contributed by atoms with van der Waals surface area (Å²) in [5, 5.41) is 0. The highest BCUT2D eigenvalue weighted by molar-refractivity contribution is 7.92. The van der Waals surface area contributed by atoms with Gasteiger partial charge < -0.3 is 10.3 Å². The van der Waals surface area contributed by atoms with Gasteiger partial charge in [-0.3, -0.25) is 9.52 Å². The SMILES string of the molecule is CCc1ccc(S(=O)(=O)Nc2ccc(=O)n(C)c2)cc1N. The number of aromatic nitrogens is 1. The molecule has 112 valence electrons. The smallest absolute Gasteiger partial charge is 0.262 e. The molecule has 0 atom stereocenters. The molecule has 2 aromatic rings. The number of benzene rings is 1. The van der Waals surface area contributed by atoms with Crippen LogP contribution >= 0.6 is 0 Å².